The van der Waals surface area contributed by atoms with E-state index in [9.17, 15) is 13.2 Å². The van der Waals surface area contributed by atoms with Crippen molar-refractivity contribution in [1.82, 2.24) is 5.32 Å². The summed E-state index contributed by atoms with van der Waals surface area (Å²) in [5.74, 6) is 0.257. The monoisotopic (exact) mass is 246 g/mol. The molecular weight excluding hydrogens is 228 g/mol. The lowest BCUT2D eigenvalue weighted by molar-refractivity contribution is -0.125. The molecule has 0 spiro atoms. The Morgan fingerprint density at radius 3 is 2.50 bits per heavy atom. The van der Waals surface area contributed by atoms with Crippen molar-refractivity contribution in [3.05, 3.63) is 0 Å². The van der Waals surface area contributed by atoms with Gasteiger partial charge in [0.1, 0.15) is 0 Å². The van der Waals surface area contributed by atoms with Crippen LogP contribution in [0.2, 0.25) is 0 Å². The van der Waals surface area contributed by atoms with Gasteiger partial charge in [0.15, 0.2) is 9.84 Å². The number of carbonyl (C=O) groups excluding carboxylic acids is 1. The fourth-order valence-corrected chi connectivity index (χ4v) is 4.16. The highest BCUT2D eigenvalue weighted by Gasteiger charge is 2.33. The lowest BCUT2D eigenvalue weighted by Crippen LogP contribution is -2.39. The van der Waals surface area contributed by atoms with E-state index in [2.05, 4.69) is 5.32 Å². The number of amides is 1. The summed E-state index contributed by atoms with van der Waals surface area (Å²) in [7, 11) is -2.91. The Morgan fingerprint density at radius 1 is 1.25 bits per heavy atom. The molecule has 6 heteroatoms. The molecule has 3 atom stereocenters. The van der Waals surface area contributed by atoms with E-state index in [-0.39, 0.29) is 35.4 Å². The van der Waals surface area contributed by atoms with Gasteiger partial charge in [-0.05, 0) is 25.7 Å². The van der Waals surface area contributed by atoms with Crippen molar-refractivity contribution in [2.75, 3.05) is 11.5 Å². The highest BCUT2D eigenvalue weighted by atomic mass is 32.2. The number of carbonyl (C=O) groups is 1. The van der Waals surface area contributed by atoms with E-state index in [0.717, 1.165) is 19.3 Å². The number of rotatable bonds is 2. The van der Waals surface area contributed by atoms with Gasteiger partial charge < -0.3 is 11.1 Å². The summed E-state index contributed by atoms with van der Waals surface area (Å²) in [6.07, 6.45) is 2.99. The van der Waals surface area contributed by atoms with Crippen LogP contribution in [0.3, 0.4) is 0 Å². The Hall–Kier alpha value is -0.620. The topological polar surface area (TPSA) is 89.3 Å². The van der Waals surface area contributed by atoms with E-state index in [1.807, 2.05) is 0 Å². The molecule has 1 saturated heterocycles. The Morgan fingerprint density at radius 2 is 2.00 bits per heavy atom. The Bertz CT molecular complexity index is 380. The number of hydrogen-bond acceptors (Lipinski definition) is 4. The largest absolute Gasteiger partial charge is 0.352 e. The van der Waals surface area contributed by atoms with Crippen molar-refractivity contribution < 1.29 is 13.2 Å². The van der Waals surface area contributed by atoms with Crippen LogP contribution in [0.5, 0.6) is 0 Å². The van der Waals surface area contributed by atoms with E-state index in [4.69, 9.17) is 5.73 Å². The van der Waals surface area contributed by atoms with Gasteiger partial charge in [-0.25, -0.2) is 8.42 Å². The summed E-state index contributed by atoms with van der Waals surface area (Å²) in [4.78, 5) is 11.8. The van der Waals surface area contributed by atoms with E-state index in [1.165, 1.54) is 0 Å². The van der Waals surface area contributed by atoms with Gasteiger partial charge in [-0.1, -0.05) is 0 Å². The Balaban J connectivity index is 1.84. The SMILES string of the molecule is NC1CCC(C(=O)NC2CCS(=O)(=O)C2)C1. The van der Waals surface area contributed by atoms with E-state index >= 15 is 0 Å². The van der Waals surface area contributed by atoms with Gasteiger partial charge >= 0.3 is 0 Å². The quantitative estimate of drug-likeness (QED) is 0.682. The minimum atomic E-state index is -2.91. The first-order valence-electron chi connectivity index (χ1n) is 5.72. The smallest absolute Gasteiger partial charge is 0.223 e. The zero-order valence-electron chi connectivity index (χ0n) is 9.19. The zero-order valence-corrected chi connectivity index (χ0v) is 10.0. The summed E-state index contributed by atoms with van der Waals surface area (Å²) in [5, 5.41) is 2.82. The van der Waals surface area contributed by atoms with Gasteiger partial charge in [0.2, 0.25) is 5.91 Å². The van der Waals surface area contributed by atoms with Crippen molar-refractivity contribution in [1.29, 1.82) is 0 Å². The number of nitrogens with two attached hydrogens (primary N) is 1. The van der Waals surface area contributed by atoms with Gasteiger partial charge in [0, 0.05) is 18.0 Å². The Kier molecular flexibility index (Phi) is 3.21. The van der Waals surface area contributed by atoms with Crippen LogP contribution in [0, 0.1) is 5.92 Å². The van der Waals surface area contributed by atoms with Crippen molar-refractivity contribution in [2.24, 2.45) is 11.7 Å². The van der Waals surface area contributed by atoms with E-state index in [0.29, 0.717) is 6.42 Å². The number of hydrogen-bond donors (Lipinski definition) is 2. The summed E-state index contributed by atoms with van der Waals surface area (Å²) in [6.45, 7) is 0. The maximum absolute atomic E-state index is 11.8. The number of nitrogens with one attached hydrogen (secondary N) is 1. The van der Waals surface area contributed by atoms with Gasteiger partial charge in [-0.2, -0.15) is 0 Å². The lowest BCUT2D eigenvalue weighted by atomic mass is 10.1. The van der Waals surface area contributed by atoms with Crippen LogP contribution in [0.4, 0.5) is 0 Å². The first kappa shape index (κ1) is 11.9. The maximum atomic E-state index is 11.8. The van der Waals surface area contributed by atoms with Gasteiger partial charge in [-0.15, -0.1) is 0 Å². The van der Waals surface area contributed by atoms with Gasteiger partial charge in [-0.3, -0.25) is 4.79 Å². The normalized spacial score (nSPS) is 37.4. The second kappa shape index (κ2) is 4.33. The highest BCUT2D eigenvalue weighted by molar-refractivity contribution is 7.91. The molecule has 1 aliphatic carbocycles. The molecule has 1 amide bonds. The summed E-state index contributed by atoms with van der Waals surface area (Å²) in [5.41, 5.74) is 5.74. The molecule has 3 unspecified atom stereocenters. The first-order valence-corrected chi connectivity index (χ1v) is 7.55. The second-order valence-electron chi connectivity index (χ2n) is 4.88. The van der Waals surface area contributed by atoms with Crippen LogP contribution in [0.25, 0.3) is 0 Å². The molecule has 1 aliphatic heterocycles. The molecule has 0 aromatic carbocycles. The van der Waals surface area contributed by atoms with Crippen LogP contribution in [-0.4, -0.2) is 37.9 Å². The fourth-order valence-electron chi connectivity index (χ4n) is 2.48. The van der Waals surface area contributed by atoms with Gasteiger partial charge in [0.05, 0.1) is 11.5 Å². The highest BCUT2D eigenvalue weighted by Crippen LogP contribution is 2.24. The van der Waals surface area contributed by atoms with Crippen LogP contribution in [-0.2, 0) is 14.6 Å². The van der Waals surface area contributed by atoms with Crippen LogP contribution < -0.4 is 11.1 Å². The first-order chi connectivity index (χ1) is 7.46. The molecule has 2 aliphatic rings. The molecule has 3 N–H and O–H groups in total. The van der Waals surface area contributed by atoms with Crippen molar-refractivity contribution in [3.8, 4) is 0 Å². The predicted molar refractivity (Wildman–Crippen MR) is 60.5 cm³/mol. The average molecular weight is 246 g/mol. The fraction of sp³-hybridized carbons (Fsp3) is 0.900. The lowest BCUT2D eigenvalue weighted by Gasteiger charge is -2.14. The third-order valence-electron chi connectivity index (χ3n) is 3.42. The summed E-state index contributed by atoms with van der Waals surface area (Å²) < 4.78 is 22.4. The van der Waals surface area contributed by atoms with Gasteiger partial charge in [0.25, 0.3) is 0 Å². The van der Waals surface area contributed by atoms with Crippen molar-refractivity contribution >= 4 is 15.7 Å². The third-order valence-corrected chi connectivity index (χ3v) is 5.19. The standard InChI is InChI=1S/C10H18N2O3S/c11-8-2-1-7(5-8)10(13)12-9-3-4-16(14,15)6-9/h7-9H,1-6,11H2,(H,12,13). The minimum absolute atomic E-state index is 0.0155. The molecule has 2 rings (SSSR count). The van der Waals surface area contributed by atoms with Crippen molar-refractivity contribution in [3.63, 3.8) is 0 Å². The molecule has 1 heterocycles. The predicted octanol–water partition coefficient (Wildman–Crippen LogP) is -0.583. The molecule has 0 radical (unpaired) electrons. The molecular formula is C10H18N2O3S. The molecule has 0 bridgehead atoms. The molecule has 2 fully saturated rings. The molecule has 92 valence electrons. The molecule has 0 aromatic heterocycles. The molecule has 1 saturated carbocycles. The molecule has 5 nitrogen and oxygen atoms in total. The van der Waals surface area contributed by atoms with Crippen LogP contribution >= 0.6 is 0 Å². The minimum Gasteiger partial charge on any atom is -0.352 e. The zero-order chi connectivity index (χ0) is 11.8. The summed E-state index contributed by atoms with van der Waals surface area (Å²) >= 11 is 0. The van der Waals surface area contributed by atoms with E-state index in [1.54, 1.807) is 0 Å². The summed E-state index contributed by atoms with van der Waals surface area (Å²) in [6, 6.07) is -0.0580. The number of sulfone groups is 1. The van der Waals surface area contributed by atoms with Crippen LogP contribution in [0.15, 0.2) is 0 Å². The van der Waals surface area contributed by atoms with Crippen molar-refractivity contribution in [2.45, 2.75) is 37.8 Å². The molecule has 0 aromatic rings. The third kappa shape index (κ3) is 2.74. The van der Waals surface area contributed by atoms with E-state index < -0.39 is 9.84 Å². The maximum Gasteiger partial charge on any atom is 0.223 e. The van der Waals surface area contributed by atoms with Crippen LogP contribution in [0.1, 0.15) is 25.7 Å². The Labute approximate surface area is 95.7 Å². The second-order valence-corrected chi connectivity index (χ2v) is 7.11. The average Bonchev–Trinajstić information content (AvgIpc) is 2.73. The molecule has 16 heavy (non-hydrogen) atoms.